The van der Waals surface area contributed by atoms with Gasteiger partial charge in [-0.25, -0.2) is 0 Å². The third-order valence-electron chi connectivity index (χ3n) is 0.713. The van der Waals surface area contributed by atoms with Crippen molar-refractivity contribution in [2.45, 2.75) is 19.2 Å². The van der Waals surface area contributed by atoms with Gasteiger partial charge >= 0.3 is 0 Å². The predicted molar refractivity (Wildman–Crippen MR) is 23.0 cm³/mol. The molecule has 0 radical (unpaired) electrons. The van der Waals surface area contributed by atoms with Gasteiger partial charge in [0.2, 0.25) is 0 Å². The van der Waals surface area contributed by atoms with Gasteiger partial charge in [0.15, 0.2) is 0 Å². The van der Waals surface area contributed by atoms with Crippen LogP contribution in [-0.4, -0.2) is 0 Å². The second-order valence-electron chi connectivity index (χ2n) is 1.16. The first-order valence-corrected chi connectivity index (χ1v) is 1.71. The van der Waals surface area contributed by atoms with Crippen molar-refractivity contribution >= 4 is 0 Å². The van der Waals surface area contributed by atoms with Crippen LogP contribution >= 0.6 is 0 Å². The lowest BCUT2D eigenvalue weighted by molar-refractivity contribution is 0.667. The quantitative estimate of drug-likeness (QED) is 0.382. The maximum atomic E-state index is 7.12. The summed E-state index contributed by atoms with van der Waals surface area (Å²) in [7, 11) is 0. The van der Waals surface area contributed by atoms with E-state index in [1.165, 1.54) is 0 Å². The lowest BCUT2D eigenvalue weighted by atomic mass is 9.95. The van der Waals surface area contributed by atoms with E-state index in [2.05, 4.69) is 0 Å². The second-order valence-corrected chi connectivity index (χ2v) is 1.16. The van der Waals surface area contributed by atoms with E-state index in [-0.39, 0.29) is 6.53 Å². The van der Waals surface area contributed by atoms with Gasteiger partial charge in [0.25, 0.3) is 0 Å². The highest BCUT2D eigenvalue weighted by Gasteiger charge is 2.02. The maximum Gasteiger partial charge on any atom is 0.0537 e. The van der Waals surface area contributed by atoms with Crippen LogP contribution in [0.1, 0.15) is 24.7 Å². The Balaban J connectivity index is 2.77. The number of rotatable bonds is 0. The lowest BCUT2D eigenvalue weighted by Crippen LogP contribution is -1.92. The van der Waals surface area contributed by atoms with Crippen LogP contribution < -0.4 is 0 Å². The maximum absolute atomic E-state index is 7.12. The lowest BCUT2D eigenvalue weighted by Gasteiger charge is -2.11. The van der Waals surface area contributed by atoms with Crippen LogP contribution in [0, 0.1) is 0 Å². The molecule has 0 unspecified atom stereocenters. The smallest absolute Gasteiger partial charge is 0.0537 e. The molecule has 0 aromatic carbocycles. The van der Waals surface area contributed by atoms with Crippen LogP contribution in [0.25, 0.3) is 0 Å². The van der Waals surface area contributed by atoms with E-state index in [1.54, 1.807) is 0 Å². The van der Waals surface area contributed by atoms with E-state index in [0.29, 0.717) is 18.4 Å². The van der Waals surface area contributed by atoms with Crippen molar-refractivity contribution in [2.75, 3.05) is 0 Å². The summed E-state index contributed by atoms with van der Waals surface area (Å²) in [4.78, 5) is 0. The summed E-state index contributed by atoms with van der Waals surface area (Å²) in [6.45, 7) is -0.341. The van der Waals surface area contributed by atoms with Crippen molar-refractivity contribution in [1.29, 1.82) is 0 Å². The van der Waals surface area contributed by atoms with Crippen LogP contribution in [0.5, 0.6) is 0 Å². The molecule has 1 aliphatic carbocycles. The third kappa shape index (κ3) is 0.344. The Kier molecular flexibility index (Phi) is 0.148. The molecule has 0 aromatic rings. The zero-order chi connectivity index (χ0) is 7.07. The molecule has 0 nitrogen and oxygen atoms in total. The van der Waals surface area contributed by atoms with Crippen molar-refractivity contribution in [3.63, 3.8) is 0 Å². The standard InChI is InChI=1S/C5H8/c1-5-3-2-4-5/h1-4H2/i1D2,3D2. The van der Waals surface area contributed by atoms with Gasteiger partial charge in [0, 0.05) is 2.74 Å². The number of hydrogen-bond acceptors (Lipinski definition) is 0. The van der Waals surface area contributed by atoms with Crippen molar-refractivity contribution in [1.82, 2.24) is 0 Å². The molecule has 0 heterocycles. The molecule has 0 bridgehead atoms. The molecule has 0 aromatic heterocycles. The molecular weight excluding hydrogens is 60.1 g/mol. The average Bonchev–Trinajstić information content (AvgIpc) is 1.62. The summed E-state index contributed by atoms with van der Waals surface area (Å²) >= 11 is 0. The predicted octanol–water partition coefficient (Wildman–Crippen LogP) is 1.73. The summed E-state index contributed by atoms with van der Waals surface area (Å²) in [6, 6.07) is 0. The van der Waals surface area contributed by atoms with Crippen molar-refractivity contribution in [2.24, 2.45) is 0 Å². The van der Waals surface area contributed by atoms with Crippen LogP contribution in [0.3, 0.4) is 0 Å². The van der Waals surface area contributed by atoms with E-state index >= 15 is 0 Å². The molecule has 28 valence electrons. The zero-order valence-corrected chi connectivity index (χ0v) is 2.91. The Morgan fingerprint density at radius 2 is 3.20 bits per heavy atom. The molecule has 0 spiro atoms. The minimum atomic E-state index is -1.33. The van der Waals surface area contributed by atoms with E-state index < -0.39 is 6.37 Å². The summed E-state index contributed by atoms with van der Waals surface area (Å²) in [5, 5.41) is 0. The molecule has 0 saturated heterocycles. The summed E-state index contributed by atoms with van der Waals surface area (Å²) in [5.74, 6) is 0. The normalized spacial score (nSPS) is 42.8. The van der Waals surface area contributed by atoms with Gasteiger partial charge in [-0.3, -0.25) is 0 Å². The first-order valence-electron chi connectivity index (χ1n) is 3.71. The summed E-state index contributed by atoms with van der Waals surface area (Å²) < 4.78 is 27.8. The molecule has 0 N–H and O–H groups in total. The number of allylic oxidation sites excluding steroid dienone is 1. The minimum absolute atomic E-state index is 0.341. The fourth-order valence-electron chi connectivity index (χ4n) is 0.250. The Morgan fingerprint density at radius 3 is 3.20 bits per heavy atom. The van der Waals surface area contributed by atoms with E-state index in [0.717, 1.165) is 0 Å². The monoisotopic (exact) mass is 72.1 g/mol. The van der Waals surface area contributed by atoms with Crippen LogP contribution in [0.15, 0.2) is 12.1 Å². The first kappa shape index (κ1) is 0.868. The summed E-state index contributed by atoms with van der Waals surface area (Å²) in [6.07, 6.45) is -0.266. The van der Waals surface area contributed by atoms with Crippen molar-refractivity contribution in [3.8, 4) is 0 Å². The van der Waals surface area contributed by atoms with Gasteiger partial charge in [-0.1, -0.05) is 12.1 Å². The van der Waals surface area contributed by atoms with Gasteiger partial charge in [0.1, 0.15) is 0 Å². The highest BCUT2D eigenvalue weighted by molar-refractivity contribution is 5.01. The Labute approximate surface area is 38.1 Å². The largest absolute Gasteiger partial charge is 0.0999 e. The van der Waals surface area contributed by atoms with Crippen LogP contribution in [0.2, 0.25) is 0 Å². The molecule has 0 atom stereocenters. The van der Waals surface area contributed by atoms with Gasteiger partial charge < -0.3 is 0 Å². The molecule has 5 heavy (non-hydrogen) atoms. The Bertz CT molecular complexity index is 154. The zero-order valence-electron chi connectivity index (χ0n) is 6.91. The Morgan fingerprint density at radius 1 is 2.20 bits per heavy atom. The fraction of sp³-hybridized carbons (Fsp3) is 0.600. The number of hydrogen-bond donors (Lipinski definition) is 0. The highest BCUT2D eigenvalue weighted by Crippen LogP contribution is 2.21. The molecule has 1 fully saturated rings. The molecule has 0 amide bonds. The van der Waals surface area contributed by atoms with Gasteiger partial charge in [-0.15, -0.1) is 0 Å². The molecule has 1 aliphatic rings. The molecule has 0 heteroatoms. The van der Waals surface area contributed by atoms with E-state index in [4.69, 9.17) is 5.48 Å². The van der Waals surface area contributed by atoms with E-state index in [9.17, 15) is 0 Å². The molecule has 1 saturated carbocycles. The van der Waals surface area contributed by atoms with Crippen LogP contribution in [-0.2, 0) is 0 Å². The van der Waals surface area contributed by atoms with Crippen molar-refractivity contribution < 1.29 is 5.48 Å². The Hall–Kier alpha value is -0.260. The van der Waals surface area contributed by atoms with Gasteiger partial charge in [-0.2, -0.15) is 0 Å². The van der Waals surface area contributed by atoms with E-state index in [1.807, 2.05) is 0 Å². The van der Waals surface area contributed by atoms with Gasteiger partial charge in [0.05, 0.1) is 2.74 Å². The molecular formula is C5H8. The van der Waals surface area contributed by atoms with Crippen LogP contribution in [0.4, 0.5) is 0 Å². The highest BCUT2D eigenvalue weighted by atomic mass is 14.1. The minimum Gasteiger partial charge on any atom is -0.0999 e. The molecule has 1 rings (SSSR count). The van der Waals surface area contributed by atoms with Crippen molar-refractivity contribution in [3.05, 3.63) is 12.1 Å². The topological polar surface area (TPSA) is 0 Å². The molecule has 0 aliphatic heterocycles. The summed E-state index contributed by atoms with van der Waals surface area (Å²) in [5.41, 5.74) is 0.350. The SMILES string of the molecule is [2H]C([2H])=C1CCC1([2H])[2H]. The third-order valence-corrected chi connectivity index (χ3v) is 0.713. The fourth-order valence-corrected chi connectivity index (χ4v) is 0.250. The van der Waals surface area contributed by atoms with Gasteiger partial charge in [-0.05, 0) is 19.2 Å². The average molecular weight is 72.1 g/mol. The second kappa shape index (κ2) is 0.852. The first-order chi connectivity index (χ1) is 4.04.